The van der Waals surface area contributed by atoms with Gasteiger partial charge in [-0.3, -0.25) is 0 Å². The lowest BCUT2D eigenvalue weighted by molar-refractivity contribution is -0.138. The van der Waals surface area contributed by atoms with E-state index in [0.717, 1.165) is 22.5 Å². The van der Waals surface area contributed by atoms with Gasteiger partial charge in [-0.25, -0.2) is 4.98 Å². The maximum absolute atomic E-state index is 13.6. The summed E-state index contributed by atoms with van der Waals surface area (Å²) in [5, 5.41) is -0.319. The lowest BCUT2D eigenvalue weighted by atomic mass is 10.0. The second-order valence-electron chi connectivity index (χ2n) is 6.77. The molecule has 1 aromatic heterocycles. The predicted octanol–water partition coefficient (Wildman–Crippen LogP) is 5.68. The Labute approximate surface area is 171 Å². The fraction of sp³-hybridized carbons (Fsp3) is 0.286. The molecule has 2 aromatic carbocycles. The minimum absolute atomic E-state index is 0.318. The number of H-pyrrole nitrogens is 1. The molecule has 29 heavy (non-hydrogen) atoms. The highest BCUT2D eigenvalue weighted by Crippen LogP contribution is 2.49. The fourth-order valence-electron chi connectivity index (χ4n) is 3.57. The van der Waals surface area contributed by atoms with Crippen LogP contribution in [-0.2, 0) is 12.7 Å². The lowest BCUT2D eigenvalue weighted by Crippen LogP contribution is -2.24. The lowest BCUT2D eigenvalue weighted by Gasteiger charge is -2.24. The molecule has 0 amide bonds. The van der Waals surface area contributed by atoms with Crippen LogP contribution in [0.2, 0.25) is 0 Å². The first-order valence-corrected chi connectivity index (χ1v) is 10.1. The Morgan fingerprint density at radius 2 is 2.07 bits per heavy atom. The highest BCUT2D eigenvalue weighted by molar-refractivity contribution is 7.99. The van der Waals surface area contributed by atoms with Crippen molar-refractivity contribution >= 4 is 17.4 Å². The van der Waals surface area contributed by atoms with E-state index in [4.69, 9.17) is 4.74 Å². The molecule has 0 fully saturated rings. The number of imidazole rings is 1. The van der Waals surface area contributed by atoms with Gasteiger partial charge in [0.05, 0.1) is 24.9 Å². The molecule has 4 rings (SSSR count). The second-order valence-corrected chi connectivity index (χ2v) is 8.02. The molecule has 4 nitrogen and oxygen atoms in total. The summed E-state index contributed by atoms with van der Waals surface area (Å²) in [5.74, 6) is 1.49. The summed E-state index contributed by atoms with van der Waals surface area (Å²) in [4.78, 5) is 10.4. The van der Waals surface area contributed by atoms with Gasteiger partial charge in [-0.2, -0.15) is 13.2 Å². The third-order valence-electron chi connectivity index (χ3n) is 4.95. The van der Waals surface area contributed by atoms with E-state index in [1.165, 1.54) is 17.8 Å². The van der Waals surface area contributed by atoms with Crippen molar-refractivity contribution < 1.29 is 17.9 Å². The van der Waals surface area contributed by atoms with E-state index in [9.17, 15) is 13.2 Å². The van der Waals surface area contributed by atoms with Crippen LogP contribution in [0.1, 0.15) is 28.6 Å². The zero-order chi connectivity index (χ0) is 20.4. The topological polar surface area (TPSA) is 41.1 Å². The first-order chi connectivity index (χ1) is 14.0. The molecule has 0 aliphatic carbocycles. The van der Waals surface area contributed by atoms with Crippen LogP contribution in [0.4, 0.5) is 18.9 Å². The molecule has 0 saturated carbocycles. The number of rotatable bonds is 4. The van der Waals surface area contributed by atoms with Crippen LogP contribution in [0.25, 0.3) is 0 Å². The number of hydrogen-bond donors (Lipinski definition) is 1. The molecule has 0 bridgehead atoms. The average molecular weight is 419 g/mol. The van der Waals surface area contributed by atoms with Gasteiger partial charge in [0.15, 0.2) is 0 Å². The highest BCUT2D eigenvalue weighted by atomic mass is 32.2. The number of halogens is 3. The summed E-state index contributed by atoms with van der Waals surface area (Å²) < 4.78 is 46.1. The molecule has 0 spiro atoms. The van der Waals surface area contributed by atoms with Gasteiger partial charge in [0.25, 0.3) is 0 Å². The number of hydrogen-bond acceptors (Lipinski definition) is 4. The Morgan fingerprint density at radius 3 is 2.79 bits per heavy atom. The standard InChI is InChI=1S/C21H20F3N3OS/c1-28-14-6-7-17-19(12-14)29-18(8-11-27(17)13-20-25-9-10-26-20)15-4-2-3-5-16(15)21(22,23)24/h2-7,9-10,12,18H,8,11,13H2,1H3,(H,25,26)/t18-/m0/s1. The number of thioether (sulfide) groups is 1. The van der Waals surface area contributed by atoms with Gasteiger partial charge < -0.3 is 14.6 Å². The average Bonchev–Trinajstić information content (AvgIpc) is 3.15. The molecule has 0 radical (unpaired) electrons. The van der Waals surface area contributed by atoms with E-state index in [1.807, 2.05) is 18.2 Å². The number of alkyl halides is 3. The number of methoxy groups -OCH3 is 1. The van der Waals surface area contributed by atoms with Crippen molar-refractivity contribution in [2.45, 2.75) is 29.3 Å². The highest BCUT2D eigenvalue weighted by Gasteiger charge is 2.36. The Kier molecular flexibility index (Phi) is 5.45. The van der Waals surface area contributed by atoms with E-state index in [0.29, 0.717) is 30.8 Å². The summed E-state index contributed by atoms with van der Waals surface area (Å²) >= 11 is 1.45. The van der Waals surface area contributed by atoms with Crippen LogP contribution in [0.3, 0.4) is 0 Å². The molecule has 0 unspecified atom stereocenters. The van der Waals surface area contributed by atoms with Crippen molar-refractivity contribution in [2.24, 2.45) is 0 Å². The smallest absolute Gasteiger partial charge is 0.416 e. The van der Waals surface area contributed by atoms with Crippen molar-refractivity contribution in [1.82, 2.24) is 9.97 Å². The third kappa shape index (κ3) is 4.22. The van der Waals surface area contributed by atoms with E-state index in [1.54, 1.807) is 31.6 Å². The molecule has 3 aromatic rings. The van der Waals surface area contributed by atoms with Crippen molar-refractivity contribution in [2.75, 3.05) is 18.6 Å². The summed E-state index contributed by atoms with van der Waals surface area (Å²) in [6.07, 6.45) is -0.345. The van der Waals surface area contributed by atoms with Crippen molar-refractivity contribution in [3.8, 4) is 5.75 Å². The molecular formula is C21H20F3N3OS. The number of anilines is 1. The first-order valence-electron chi connectivity index (χ1n) is 9.19. The van der Waals surface area contributed by atoms with Crippen LogP contribution in [0.5, 0.6) is 5.75 Å². The minimum atomic E-state index is -4.38. The predicted molar refractivity (Wildman–Crippen MR) is 107 cm³/mol. The minimum Gasteiger partial charge on any atom is -0.497 e. The van der Waals surface area contributed by atoms with E-state index in [2.05, 4.69) is 14.9 Å². The summed E-state index contributed by atoms with van der Waals surface area (Å²) in [7, 11) is 1.58. The van der Waals surface area contributed by atoms with Gasteiger partial charge in [-0.15, -0.1) is 11.8 Å². The quantitative estimate of drug-likeness (QED) is 0.591. The monoisotopic (exact) mass is 419 g/mol. The zero-order valence-electron chi connectivity index (χ0n) is 15.7. The molecule has 152 valence electrons. The van der Waals surface area contributed by atoms with Crippen LogP contribution >= 0.6 is 11.8 Å². The first kappa shape index (κ1) is 19.7. The molecule has 8 heteroatoms. The van der Waals surface area contributed by atoms with Gasteiger partial charge in [0.1, 0.15) is 11.6 Å². The maximum Gasteiger partial charge on any atom is 0.416 e. The largest absolute Gasteiger partial charge is 0.497 e. The summed E-state index contributed by atoms with van der Waals surface area (Å²) in [6.45, 7) is 1.17. The SMILES string of the molecule is COc1ccc2c(c1)S[C@H](c1ccccc1C(F)(F)F)CCN2Cc1ncc[nH]1. The Morgan fingerprint density at radius 1 is 1.24 bits per heavy atom. The van der Waals surface area contributed by atoms with Crippen molar-refractivity contribution in [3.63, 3.8) is 0 Å². The summed E-state index contributed by atoms with van der Waals surface area (Å²) in [5.41, 5.74) is 0.722. The molecule has 2 heterocycles. The molecular weight excluding hydrogens is 399 g/mol. The van der Waals surface area contributed by atoms with Crippen LogP contribution in [-0.4, -0.2) is 23.6 Å². The van der Waals surface area contributed by atoms with Gasteiger partial charge in [0, 0.05) is 29.1 Å². The van der Waals surface area contributed by atoms with Gasteiger partial charge >= 0.3 is 6.18 Å². The summed E-state index contributed by atoms with van der Waals surface area (Å²) in [6, 6.07) is 11.6. The van der Waals surface area contributed by atoms with Crippen LogP contribution in [0.15, 0.2) is 59.8 Å². The van der Waals surface area contributed by atoms with Gasteiger partial charge in [-0.1, -0.05) is 18.2 Å². The fourth-order valence-corrected chi connectivity index (χ4v) is 4.93. The number of nitrogens with zero attached hydrogens (tertiary/aromatic N) is 2. The Hall–Kier alpha value is -2.61. The van der Waals surface area contributed by atoms with Gasteiger partial charge in [0.2, 0.25) is 0 Å². The van der Waals surface area contributed by atoms with Crippen LogP contribution in [0, 0.1) is 0 Å². The number of fused-ring (bicyclic) bond motifs is 1. The Bertz CT molecular complexity index is 976. The number of nitrogens with one attached hydrogen (secondary N) is 1. The number of ether oxygens (including phenoxy) is 1. The van der Waals surface area contributed by atoms with E-state index < -0.39 is 11.7 Å². The van der Waals surface area contributed by atoms with Crippen molar-refractivity contribution in [1.29, 1.82) is 0 Å². The second kappa shape index (κ2) is 8.02. The molecule has 1 aliphatic rings. The van der Waals surface area contributed by atoms with Crippen molar-refractivity contribution in [3.05, 3.63) is 71.8 Å². The van der Waals surface area contributed by atoms with E-state index >= 15 is 0 Å². The Balaban J connectivity index is 1.73. The number of aromatic amines is 1. The van der Waals surface area contributed by atoms with Gasteiger partial charge in [-0.05, 0) is 36.2 Å². The molecule has 1 atom stereocenters. The zero-order valence-corrected chi connectivity index (χ0v) is 16.6. The normalized spacial score (nSPS) is 17.0. The third-order valence-corrected chi connectivity index (χ3v) is 6.30. The molecule has 1 N–H and O–H groups in total. The molecule has 1 aliphatic heterocycles. The van der Waals surface area contributed by atoms with E-state index in [-0.39, 0.29) is 5.25 Å². The number of aromatic nitrogens is 2. The van der Waals surface area contributed by atoms with Crippen LogP contribution < -0.4 is 9.64 Å². The molecule has 0 saturated heterocycles. The maximum atomic E-state index is 13.6. The number of benzene rings is 2.